The van der Waals surface area contributed by atoms with Gasteiger partial charge in [0.1, 0.15) is 11.6 Å². The van der Waals surface area contributed by atoms with E-state index in [0.29, 0.717) is 18.8 Å². The van der Waals surface area contributed by atoms with Gasteiger partial charge in [0.2, 0.25) is 11.9 Å². The van der Waals surface area contributed by atoms with Gasteiger partial charge in [0, 0.05) is 6.42 Å². The number of nitrogens with zero attached hydrogens (tertiary/aromatic N) is 3. The van der Waals surface area contributed by atoms with Crippen LogP contribution in [0.15, 0.2) is 48.5 Å². The van der Waals surface area contributed by atoms with Gasteiger partial charge in [0.05, 0.1) is 19.2 Å². The van der Waals surface area contributed by atoms with Crippen molar-refractivity contribution in [3.8, 4) is 5.75 Å². The Balaban J connectivity index is 1.68. The van der Waals surface area contributed by atoms with Crippen molar-refractivity contribution in [2.45, 2.75) is 38.3 Å². The van der Waals surface area contributed by atoms with E-state index < -0.39 is 0 Å². The summed E-state index contributed by atoms with van der Waals surface area (Å²) >= 11 is 0. The van der Waals surface area contributed by atoms with Gasteiger partial charge in [0.15, 0.2) is 0 Å². The number of anilines is 2. The summed E-state index contributed by atoms with van der Waals surface area (Å²) in [6.07, 6.45) is 1.85. The number of aromatic nitrogens is 3. The van der Waals surface area contributed by atoms with E-state index in [-0.39, 0.29) is 29.8 Å². The maximum Gasteiger partial charge on any atom is 0.250 e. The van der Waals surface area contributed by atoms with Crippen molar-refractivity contribution in [2.75, 3.05) is 17.7 Å². The first-order valence-electron chi connectivity index (χ1n) is 9.99. The molecule has 0 saturated carbocycles. The zero-order valence-electron chi connectivity index (χ0n) is 16.9. The molecule has 0 radical (unpaired) electrons. The molecule has 2 aromatic carbocycles. The van der Waals surface area contributed by atoms with E-state index in [2.05, 4.69) is 20.7 Å². The average Bonchev–Trinajstić information content (AvgIpc) is 3.16. The van der Waals surface area contributed by atoms with Gasteiger partial charge in [-0.3, -0.25) is 10.1 Å². The average molecular weight is 409 g/mol. The van der Waals surface area contributed by atoms with Crippen LogP contribution in [0.2, 0.25) is 0 Å². The van der Waals surface area contributed by atoms with E-state index >= 15 is 0 Å². The molecule has 0 fully saturated rings. The van der Waals surface area contributed by atoms with Gasteiger partial charge in [-0.25, -0.2) is 9.07 Å². The van der Waals surface area contributed by atoms with E-state index in [1.165, 1.54) is 12.1 Å². The van der Waals surface area contributed by atoms with E-state index in [1.54, 1.807) is 23.9 Å². The lowest BCUT2D eigenvalue weighted by Gasteiger charge is -2.31. The largest absolute Gasteiger partial charge is 0.497 e. The highest BCUT2D eigenvalue weighted by atomic mass is 19.1. The Kier molecular flexibility index (Phi) is 5.65. The van der Waals surface area contributed by atoms with Crippen LogP contribution < -0.4 is 15.4 Å². The number of ether oxygens (including phenoxy) is 1. The van der Waals surface area contributed by atoms with Gasteiger partial charge in [-0.2, -0.15) is 4.98 Å². The summed E-state index contributed by atoms with van der Waals surface area (Å²) in [5.74, 6) is 1.20. The number of nitrogens with one attached hydrogen (secondary N) is 2. The molecule has 156 valence electrons. The second-order valence-corrected chi connectivity index (χ2v) is 7.27. The fourth-order valence-corrected chi connectivity index (χ4v) is 3.66. The van der Waals surface area contributed by atoms with E-state index in [9.17, 15) is 9.18 Å². The van der Waals surface area contributed by atoms with E-state index in [1.807, 2.05) is 31.2 Å². The van der Waals surface area contributed by atoms with Gasteiger partial charge in [0.25, 0.3) is 5.95 Å². The zero-order chi connectivity index (χ0) is 21.1. The molecule has 7 nitrogen and oxygen atoms in total. The molecule has 2 N–H and O–H groups in total. The molecule has 30 heavy (non-hydrogen) atoms. The molecule has 1 amide bonds. The maximum absolute atomic E-state index is 13.5. The molecule has 1 aliphatic rings. The minimum Gasteiger partial charge on any atom is -0.497 e. The fourth-order valence-electron chi connectivity index (χ4n) is 3.66. The lowest BCUT2D eigenvalue weighted by molar-refractivity contribution is -0.116. The molecule has 1 aliphatic heterocycles. The molecule has 2 unspecified atom stereocenters. The monoisotopic (exact) mass is 409 g/mol. The van der Waals surface area contributed by atoms with Crippen molar-refractivity contribution >= 4 is 17.8 Å². The first-order chi connectivity index (χ1) is 14.6. The van der Waals surface area contributed by atoms with Crippen LogP contribution >= 0.6 is 0 Å². The standard InChI is InChI=1S/C22H24FN5O2/c1-3-4-20(29)25-21-26-22-24-18(14-7-11-17(30-2)12-8-14)13-19(28(22)27-21)15-5-9-16(23)10-6-15/h5-12,18-19H,3-4,13H2,1-2H3,(H2,24,25,26,27,29). The van der Waals surface area contributed by atoms with Crippen LogP contribution in [0.4, 0.5) is 16.3 Å². The Labute approximate surface area is 174 Å². The molecule has 0 aliphatic carbocycles. The molecule has 2 atom stereocenters. The fraction of sp³-hybridized carbons (Fsp3) is 0.318. The Hall–Kier alpha value is -3.42. The number of methoxy groups -OCH3 is 1. The minimum atomic E-state index is -0.286. The van der Waals surface area contributed by atoms with Crippen molar-refractivity contribution in [3.63, 3.8) is 0 Å². The van der Waals surface area contributed by atoms with Gasteiger partial charge < -0.3 is 10.1 Å². The molecular formula is C22H24FN5O2. The first kappa shape index (κ1) is 19.9. The Morgan fingerprint density at radius 2 is 1.90 bits per heavy atom. The summed E-state index contributed by atoms with van der Waals surface area (Å²) in [4.78, 5) is 16.5. The smallest absolute Gasteiger partial charge is 0.250 e. The van der Waals surface area contributed by atoms with Crippen LogP contribution in [0.1, 0.15) is 49.4 Å². The van der Waals surface area contributed by atoms with Crippen molar-refractivity contribution in [1.82, 2.24) is 14.8 Å². The molecule has 8 heteroatoms. The normalized spacial score (nSPS) is 17.7. The predicted octanol–water partition coefficient (Wildman–Crippen LogP) is 4.31. The van der Waals surface area contributed by atoms with E-state index in [4.69, 9.17) is 4.74 Å². The molecule has 2 heterocycles. The second-order valence-electron chi connectivity index (χ2n) is 7.27. The summed E-state index contributed by atoms with van der Waals surface area (Å²) in [5.41, 5.74) is 2.00. The number of benzene rings is 2. The maximum atomic E-state index is 13.5. The molecule has 0 saturated heterocycles. The summed E-state index contributed by atoms with van der Waals surface area (Å²) in [7, 11) is 1.63. The van der Waals surface area contributed by atoms with Gasteiger partial charge in [-0.05, 0) is 48.2 Å². The summed E-state index contributed by atoms with van der Waals surface area (Å²) in [6.45, 7) is 1.94. The van der Waals surface area contributed by atoms with Crippen molar-refractivity contribution in [2.24, 2.45) is 0 Å². The van der Waals surface area contributed by atoms with Crippen molar-refractivity contribution in [1.29, 1.82) is 0 Å². The lowest BCUT2D eigenvalue weighted by Crippen LogP contribution is -2.28. The van der Waals surface area contributed by atoms with Crippen LogP contribution in [0.5, 0.6) is 5.75 Å². The lowest BCUT2D eigenvalue weighted by atomic mass is 9.93. The number of amides is 1. The highest BCUT2D eigenvalue weighted by Crippen LogP contribution is 2.38. The Morgan fingerprint density at radius 1 is 1.20 bits per heavy atom. The zero-order valence-corrected chi connectivity index (χ0v) is 16.9. The molecule has 3 aromatic rings. The van der Waals surface area contributed by atoms with Crippen molar-refractivity contribution < 1.29 is 13.9 Å². The second kappa shape index (κ2) is 8.52. The number of hydrogen-bond acceptors (Lipinski definition) is 5. The third-order valence-corrected chi connectivity index (χ3v) is 5.19. The van der Waals surface area contributed by atoms with Crippen LogP contribution in [-0.2, 0) is 4.79 Å². The van der Waals surface area contributed by atoms with Gasteiger partial charge in [-0.1, -0.05) is 31.2 Å². The highest BCUT2D eigenvalue weighted by molar-refractivity contribution is 5.88. The number of carbonyl (C=O) groups is 1. The summed E-state index contributed by atoms with van der Waals surface area (Å²) in [5, 5.41) is 10.7. The molecule has 0 spiro atoms. The first-order valence-corrected chi connectivity index (χ1v) is 9.99. The number of fused-ring (bicyclic) bond motifs is 1. The van der Waals surface area contributed by atoms with Crippen LogP contribution in [0.3, 0.4) is 0 Å². The van der Waals surface area contributed by atoms with Crippen LogP contribution in [-0.4, -0.2) is 27.8 Å². The number of carbonyl (C=O) groups excluding carboxylic acids is 1. The predicted molar refractivity (Wildman–Crippen MR) is 112 cm³/mol. The quantitative estimate of drug-likeness (QED) is 0.634. The highest BCUT2D eigenvalue weighted by Gasteiger charge is 2.31. The summed E-state index contributed by atoms with van der Waals surface area (Å²) in [6, 6.07) is 14.1. The van der Waals surface area contributed by atoms with E-state index in [0.717, 1.165) is 23.3 Å². The molecular weight excluding hydrogens is 385 g/mol. The van der Waals surface area contributed by atoms with Gasteiger partial charge >= 0.3 is 0 Å². The SMILES string of the molecule is CCCC(=O)Nc1nc2n(n1)C(c1ccc(F)cc1)CC(c1ccc(OC)cc1)N2. The minimum absolute atomic E-state index is 0.0261. The topological polar surface area (TPSA) is 81.1 Å². The van der Waals surface area contributed by atoms with Gasteiger partial charge in [-0.15, -0.1) is 5.10 Å². The number of rotatable bonds is 6. The molecule has 1 aromatic heterocycles. The Morgan fingerprint density at radius 3 is 2.57 bits per heavy atom. The van der Waals surface area contributed by atoms with Crippen LogP contribution in [0, 0.1) is 5.82 Å². The van der Waals surface area contributed by atoms with Crippen molar-refractivity contribution in [3.05, 3.63) is 65.5 Å². The third-order valence-electron chi connectivity index (χ3n) is 5.19. The molecule has 4 rings (SSSR count). The Bertz CT molecular complexity index is 1020. The molecule has 0 bridgehead atoms. The summed E-state index contributed by atoms with van der Waals surface area (Å²) < 4.78 is 20.5. The number of hydrogen-bond donors (Lipinski definition) is 2. The van der Waals surface area contributed by atoms with Crippen LogP contribution in [0.25, 0.3) is 0 Å². The number of halogens is 1. The third kappa shape index (κ3) is 4.12.